The van der Waals surface area contributed by atoms with Gasteiger partial charge in [0.2, 0.25) is 0 Å². The Balaban J connectivity index is 2.47. The highest BCUT2D eigenvalue weighted by Gasteiger charge is 2.32. The molecule has 1 rings (SSSR count). The van der Waals surface area contributed by atoms with Crippen LogP contribution in [0.1, 0.15) is 25.7 Å². The highest BCUT2D eigenvalue weighted by atomic mass is 28.3. The van der Waals surface area contributed by atoms with E-state index >= 15 is 0 Å². The third kappa shape index (κ3) is 2.19. The second kappa shape index (κ2) is 3.57. The van der Waals surface area contributed by atoms with Crippen LogP contribution in [0, 0.1) is 0 Å². The molecular formula is C10H20Si. The van der Waals surface area contributed by atoms with E-state index < -0.39 is 8.07 Å². The summed E-state index contributed by atoms with van der Waals surface area (Å²) in [6.07, 6.45) is 8.11. The Hall–Kier alpha value is -0.0431. The summed E-state index contributed by atoms with van der Waals surface area (Å²) in [4.78, 5) is 0. The minimum Gasteiger partial charge on any atom is -0.103 e. The SMILES string of the molecule is C=CC[Si](C)(C)C1CCCC1. The number of rotatable bonds is 3. The van der Waals surface area contributed by atoms with Crippen LogP contribution in [-0.4, -0.2) is 8.07 Å². The van der Waals surface area contributed by atoms with Gasteiger partial charge < -0.3 is 0 Å². The Kier molecular flexibility index (Phi) is 2.94. The molecule has 1 aliphatic rings. The molecule has 0 aromatic rings. The van der Waals surface area contributed by atoms with Crippen LogP contribution in [0.3, 0.4) is 0 Å². The van der Waals surface area contributed by atoms with Gasteiger partial charge in [0.15, 0.2) is 0 Å². The van der Waals surface area contributed by atoms with Gasteiger partial charge in [0.25, 0.3) is 0 Å². The van der Waals surface area contributed by atoms with Gasteiger partial charge in [-0.25, -0.2) is 0 Å². The van der Waals surface area contributed by atoms with Crippen LogP contribution < -0.4 is 0 Å². The molecule has 1 saturated carbocycles. The highest BCUT2D eigenvalue weighted by Crippen LogP contribution is 2.40. The van der Waals surface area contributed by atoms with Crippen molar-refractivity contribution in [3.63, 3.8) is 0 Å². The quantitative estimate of drug-likeness (QED) is 0.444. The van der Waals surface area contributed by atoms with E-state index in [1.807, 2.05) is 0 Å². The van der Waals surface area contributed by atoms with Gasteiger partial charge in [-0.3, -0.25) is 0 Å². The van der Waals surface area contributed by atoms with Crippen molar-refractivity contribution in [3.8, 4) is 0 Å². The van der Waals surface area contributed by atoms with E-state index in [2.05, 4.69) is 25.7 Å². The second-order valence-corrected chi connectivity index (χ2v) is 9.66. The van der Waals surface area contributed by atoms with Crippen LogP contribution >= 0.6 is 0 Å². The number of hydrogen-bond donors (Lipinski definition) is 0. The van der Waals surface area contributed by atoms with E-state index in [0.717, 1.165) is 5.54 Å². The van der Waals surface area contributed by atoms with Crippen molar-refractivity contribution in [2.24, 2.45) is 0 Å². The van der Waals surface area contributed by atoms with Crippen molar-refractivity contribution < 1.29 is 0 Å². The van der Waals surface area contributed by atoms with Crippen molar-refractivity contribution in [3.05, 3.63) is 12.7 Å². The molecule has 1 aliphatic carbocycles. The van der Waals surface area contributed by atoms with Gasteiger partial charge in [0.05, 0.1) is 8.07 Å². The van der Waals surface area contributed by atoms with Crippen molar-refractivity contribution in [2.45, 2.75) is 50.4 Å². The average molecular weight is 168 g/mol. The molecule has 0 amide bonds. The zero-order valence-electron chi connectivity index (χ0n) is 7.90. The van der Waals surface area contributed by atoms with Crippen molar-refractivity contribution in [1.29, 1.82) is 0 Å². The van der Waals surface area contributed by atoms with Gasteiger partial charge in [-0.05, 0) is 11.6 Å². The number of allylic oxidation sites excluding steroid dienone is 1. The van der Waals surface area contributed by atoms with Gasteiger partial charge in [-0.1, -0.05) is 44.9 Å². The fraction of sp³-hybridized carbons (Fsp3) is 0.800. The predicted molar refractivity (Wildman–Crippen MR) is 54.7 cm³/mol. The fourth-order valence-electron chi connectivity index (χ4n) is 2.25. The van der Waals surface area contributed by atoms with Gasteiger partial charge in [-0.15, -0.1) is 6.58 Å². The maximum Gasteiger partial charge on any atom is 0.0542 e. The Labute approximate surface area is 71.7 Å². The van der Waals surface area contributed by atoms with Crippen LogP contribution in [0.4, 0.5) is 0 Å². The first-order valence-electron chi connectivity index (χ1n) is 4.78. The minimum absolute atomic E-state index is 0.888. The summed E-state index contributed by atoms with van der Waals surface area (Å²) in [7, 11) is -0.888. The minimum atomic E-state index is -0.888. The van der Waals surface area contributed by atoms with Crippen LogP contribution in [-0.2, 0) is 0 Å². The van der Waals surface area contributed by atoms with E-state index in [0.29, 0.717) is 0 Å². The molecule has 0 unspecified atom stereocenters. The molecule has 0 bridgehead atoms. The molecule has 0 aromatic carbocycles. The predicted octanol–water partition coefficient (Wildman–Crippen LogP) is 3.83. The summed E-state index contributed by atoms with van der Waals surface area (Å²) in [5.41, 5.74) is 1.10. The van der Waals surface area contributed by atoms with Crippen molar-refractivity contribution in [1.82, 2.24) is 0 Å². The average Bonchev–Trinajstić information content (AvgIpc) is 2.37. The van der Waals surface area contributed by atoms with Crippen LogP contribution in [0.2, 0.25) is 24.7 Å². The molecule has 0 heterocycles. The molecule has 0 atom stereocenters. The topological polar surface area (TPSA) is 0 Å². The third-order valence-corrected chi connectivity index (χ3v) is 7.26. The van der Waals surface area contributed by atoms with E-state index in [9.17, 15) is 0 Å². The largest absolute Gasteiger partial charge is 0.103 e. The van der Waals surface area contributed by atoms with Gasteiger partial charge in [0.1, 0.15) is 0 Å². The molecule has 1 fully saturated rings. The van der Waals surface area contributed by atoms with Crippen LogP contribution in [0.25, 0.3) is 0 Å². The Morgan fingerprint density at radius 2 is 1.91 bits per heavy atom. The molecule has 1 heteroatoms. The molecule has 0 aliphatic heterocycles. The summed E-state index contributed by atoms with van der Waals surface area (Å²) in [5, 5.41) is 0. The van der Waals surface area contributed by atoms with E-state index in [1.54, 1.807) is 0 Å². The summed E-state index contributed by atoms with van der Waals surface area (Å²) in [5.74, 6) is 0. The highest BCUT2D eigenvalue weighted by molar-refractivity contribution is 6.79. The Morgan fingerprint density at radius 3 is 2.36 bits per heavy atom. The molecule has 0 N–H and O–H groups in total. The molecule has 0 spiro atoms. The zero-order chi connectivity index (χ0) is 8.32. The van der Waals surface area contributed by atoms with E-state index in [1.165, 1.54) is 31.7 Å². The molecule has 0 radical (unpaired) electrons. The van der Waals surface area contributed by atoms with Crippen molar-refractivity contribution >= 4 is 8.07 Å². The Bertz CT molecular complexity index is 132. The third-order valence-electron chi connectivity index (χ3n) is 3.13. The first kappa shape index (κ1) is 9.05. The lowest BCUT2D eigenvalue weighted by Crippen LogP contribution is -2.29. The van der Waals surface area contributed by atoms with Crippen molar-refractivity contribution in [2.75, 3.05) is 0 Å². The molecule has 0 saturated heterocycles. The van der Waals surface area contributed by atoms with Gasteiger partial charge >= 0.3 is 0 Å². The van der Waals surface area contributed by atoms with E-state index in [-0.39, 0.29) is 0 Å². The zero-order valence-corrected chi connectivity index (χ0v) is 8.90. The van der Waals surface area contributed by atoms with Gasteiger partial charge in [-0.2, -0.15) is 0 Å². The number of hydrogen-bond acceptors (Lipinski definition) is 0. The second-order valence-electron chi connectivity index (χ2n) is 4.46. The fourth-order valence-corrected chi connectivity index (χ4v) is 5.29. The monoisotopic (exact) mass is 168 g/mol. The smallest absolute Gasteiger partial charge is 0.0542 e. The molecule has 64 valence electrons. The standard InChI is InChI=1S/C10H20Si/c1-4-9-11(2,3)10-7-5-6-8-10/h4,10H,1,5-9H2,2-3H3. The molecular weight excluding hydrogens is 148 g/mol. The van der Waals surface area contributed by atoms with E-state index in [4.69, 9.17) is 0 Å². The maximum atomic E-state index is 3.85. The summed E-state index contributed by atoms with van der Waals surface area (Å²) < 4.78 is 0. The normalized spacial score (nSPS) is 20.5. The lowest BCUT2D eigenvalue weighted by atomic mass is 10.4. The van der Waals surface area contributed by atoms with Gasteiger partial charge in [0, 0.05) is 0 Å². The molecule has 0 aromatic heterocycles. The lowest BCUT2D eigenvalue weighted by Gasteiger charge is -2.27. The first-order chi connectivity index (χ1) is 5.17. The lowest BCUT2D eigenvalue weighted by molar-refractivity contribution is 0.834. The van der Waals surface area contributed by atoms with Crippen LogP contribution in [0.15, 0.2) is 12.7 Å². The summed E-state index contributed by atoms with van der Waals surface area (Å²) in [6, 6.07) is 1.32. The van der Waals surface area contributed by atoms with Crippen LogP contribution in [0.5, 0.6) is 0 Å². The maximum absolute atomic E-state index is 3.85. The molecule has 11 heavy (non-hydrogen) atoms. The summed E-state index contributed by atoms with van der Waals surface area (Å²) in [6.45, 7) is 8.89. The first-order valence-corrected chi connectivity index (χ1v) is 8.06. The Morgan fingerprint density at radius 1 is 1.36 bits per heavy atom. The molecule has 0 nitrogen and oxygen atoms in total. The summed E-state index contributed by atoms with van der Waals surface area (Å²) >= 11 is 0.